The first-order chi connectivity index (χ1) is 8.52. The van der Waals surface area contributed by atoms with E-state index in [0.717, 1.165) is 6.07 Å². The fraction of sp³-hybridized carbons (Fsp3) is 0.0769. The van der Waals surface area contributed by atoms with Crippen LogP contribution < -0.4 is 5.32 Å². The molecule has 2 rings (SSSR count). The number of hydrogen-bond donors (Lipinski definition) is 1. The van der Waals surface area contributed by atoms with E-state index in [-0.39, 0.29) is 6.54 Å². The van der Waals surface area contributed by atoms with Crippen LogP contribution in [0.15, 0.2) is 36.4 Å². The molecule has 0 aromatic heterocycles. The van der Waals surface area contributed by atoms with Crippen molar-refractivity contribution in [3.63, 3.8) is 0 Å². The van der Waals surface area contributed by atoms with Crippen LogP contribution in [0, 0.1) is 11.6 Å². The lowest BCUT2D eigenvalue weighted by Crippen LogP contribution is -2.00. The van der Waals surface area contributed by atoms with Gasteiger partial charge < -0.3 is 5.32 Å². The number of rotatable bonds is 3. The largest absolute Gasteiger partial charge is 0.381 e. The smallest absolute Gasteiger partial charge is 0.126 e. The fourth-order valence-electron chi connectivity index (χ4n) is 1.57. The van der Waals surface area contributed by atoms with E-state index in [1.54, 1.807) is 18.2 Å². The zero-order chi connectivity index (χ0) is 13.1. The third-order valence-electron chi connectivity index (χ3n) is 2.28. The summed E-state index contributed by atoms with van der Waals surface area (Å²) in [5, 5.41) is 3.99. The van der Waals surface area contributed by atoms with Crippen molar-refractivity contribution in [2.45, 2.75) is 6.54 Å². The minimum absolute atomic E-state index is 0.283. The van der Waals surface area contributed by atoms with Gasteiger partial charge in [0.2, 0.25) is 0 Å². The summed E-state index contributed by atoms with van der Waals surface area (Å²) in [6, 6.07) is 8.34. The highest BCUT2D eigenvalue weighted by atomic mass is 35.5. The average Bonchev–Trinajstić information content (AvgIpc) is 2.23. The second-order valence-corrected chi connectivity index (χ2v) is 4.66. The van der Waals surface area contributed by atoms with Crippen molar-refractivity contribution in [2.75, 3.05) is 5.32 Å². The summed E-state index contributed by atoms with van der Waals surface area (Å²) >= 11 is 11.7. The van der Waals surface area contributed by atoms with E-state index in [0.29, 0.717) is 21.3 Å². The summed E-state index contributed by atoms with van der Waals surface area (Å²) in [6.07, 6.45) is 0. The molecule has 0 saturated heterocycles. The van der Waals surface area contributed by atoms with Gasteiger partial charge in [0.15, 0.2) is 0 Å². The zero-order valence-corrected chi connectivity index (χ0v) is 10.7. The Morgan fingerprint density at radius 2 is 1.39 bits per heavy atom. The molecule has 0 spiro atoms. The highest BCUT2D eigenvalue weighted by Crippen LogP contribution is 2.23. The summed E-state index contributed by atoms with van der Waals surface area (Å²) in [4.78, 5) is 0. The highest BCUT2D eigenvalue weighted by molar-refractivity contribution is 6.35. The van der Waals surface area contributed by atoms with Crippen molar-refractivity contribution < 1.29 is 8.78 Å². The van der Waals surface area contributed by atoms with Gasteiger partial charge in [0.25, 0.3) is 0 Å². The van der Waals surface area contributed by atoms with E-state index in [1.807, 2.05) is 0 Å². The number of hydrogen-bond acceptors (Lipinski definition) is 1. The minimum atomic E-state index is -0.601. The van der Waals surface area contributed by atoms with Gasteiger partial charge in [0.1, 0.15) is 11.6 Å². The summed E-state index contributed by atoms with van der Waals surface area (Å²) in [6.45, 7) is 0.283. The molecule has 0 aliphatic rings. The maximum atomic E-state index is 13.0. The summed E-state index contributed by atoms with van der Waals surface area (Å²) in [7, 11) is 0. The van der Waals surface area contributed by atoms with E-state index in [4.69, 9.17) is 23.2 Å². The molecule has 1 nitrogen and oxygen atoms in total. The molecule has 0 amide bonds. The van der Waals surface area contributed by atoms with Crippen LogP contribution in [-0.2, 0) is 6.54 Å². The molecule has 0 bridgehead atoms. The van der Waals surface area contributed by atoms with Gasteiger partial charge in [-0.05, 0) is 35.9 Å². The quantitative estimate of drug-likeness (QED) is 0.848. The van der Waals surface area contributed by atoms with Crippen molar-refractivity contribution in [3.8, 4) is 0 Å². The molecule has 0 atom stereocenters. The number of nitrogens with one attached hydrogen (secondary N) is 1. The maximum absolute atomic E-state index is 13.0. The second kappa shape index (κ2) is 5.55. The molecule has 5 heteroatoms. The standard InChI is InChI=1S/C13H9Cl2F2N/c14-9-3-10(15)5-13(4-9)18-7-8-1-11(16)6-12(17)2-8/h1-6,18H,7H2. The number of anilines is 1. The van der Waals surface area contributed by atoms with Crippen LogP contribution in [0.3, 0.4) is 0 Å². The predicted octanol–water partition coefficient (Wildman–Crippen LogP) is 4.88. The molecule has 0 saturated carbocycles. The third kappa shape index (κ3) is 3.59. The Hall–Kier alpha value is -1.32. The Bertz CT molecular complexity index is 481. The first kappa shape index (κ1) is 13.1. The van der Waals surface area contributed by atoms with Crippen LogP contribution in [0.4, 0.5) is 14.5 Å². The molecule has 1 N–H and O–H groups in total. The van der Waals surface area contributed by atoms with Gasteiger partial charge in [-0.25, -0.2) is 8.78 Å². The van der Waals surface area contributed by atoms with Gasteiger partial charge >= 0.3 is 0 Å². The van der Waals surface area contributed by atoms with Gasteiger partial charge in [-0.3, -0.25) is 0 Å². The lowest BCUT2D eigenvalue weighted by atomic mass is 10.2. The topological polar surface area (TPSA) is 12.0 Å². The van der Waals surface area contributed by atoms with Crippen LogP contribution in [-0.4, -0.2) is 0 Å². The van der Waals surface area contributed by atoms with Crippen molar-refractivity contribution in [1.29, 1.82) is 0 Å². The van der Waals surface area contributed by atoms with Crippen LogP contribution in [0.5, 0.6) is 0 Å². The molecule has 0 aliphatic carbocycles. The van der Waals surface area contributed by atoms with Crippen LogP contribution in [0.2, 0.25) is 10.0 Å². The molecule has 18 heavy (non-hydrogen) atoms. The summed E-state index contributed by atoms with van der Waals surface area (Å²) in [5.74, 6) is -1.20. The highest BCUT2D eigenvalue weighted by Gasteiger charge is 2.02. The molecule has 2 aromatic carbocycles. The molecule has 0 radical (unpaired) electrons. The molecular formula is C13H9Cl2F2N. The molecule has 2 aromatic rings. The molecule has 0 unspecified atom stereocenters. The lowest BCUT2D eigenvalue weighted by Gasteiger charge is -2.08. The molecular weight excluding hydrogens is 279 g/mol. The summed E-state index contributed by atoms with van der Waals surface area (Å²) < 4.78 is 25.9. The van der Waals surface area contributed by atoms with Gasteiger partial charge in [0, 0.05) is 28.3 Å². The van der Waals surface area contributed by atoms with Crippen LogP contribution in [0.25, 0.3) is 0 Å². The van der Waals surface area contributed by atoms with Crippen LogP contribution >= 0.6 is 23.2 Å². The van der Waals surface area contributed by atoms with Crippen molar-refractivity contribution in [3.05, 3.63) is 63.6 Å². The number of benzene rings is 2. The van der Waals surface area contributed by atoms with E-state index in [2.05, 4.69) is 5.32 Å². The van der Waals surface area contributed by atoms with Gasteiger partial charge in [-0.1, -0.05) is 23.2 Å². The van der Waals surface area contributed by atoms with E-state index < -0.39 is 11.6 Å². The molecule has 0 heterocycles. The Balaban J connectivity index is 2.11. The van der Waals surface area contributed by atoms with Gasteiger partial charge in [0.05, 0.1) is 0 Å². The minimum Gasteiger partial charge on any atom is -0.381 e. The Morgan fingerprint density at radius 1 is 0.833 bits per heavy atom. The monoisotopic (exact) mass is 287 g/mol. The molecule has 0 fully saturated rings. The Morgan fingerprint density at radius 3 is 1.94 bits per heavy atom. The predicted molar refractivity (Wildman–Crippen MR) is 70.1 cm³/mol. The SMILES string of the molecule is Fc1cc(F)cc(CNc2cc(Cl)cc(Cl)c2)c1. The lowest BCUT2D eigenvalue weighted by molar-refractivity contribution is 0.580. The summed E-state index contributed by atoms with van der Waals surface area (Å²) in [5.41, 5.74) is 1.20. The molecule has 0 aliphatic heterocycles. The Labute approximate surface area is 113 Å². The van der Waals surface area contributed by atoms with E-state index >= 15 is 0 Å². The normalized spacial score (nSPS) is 10.4. The van der Waals surface area contributed by atoms with Gasteiger partial charge in [-0.2, -0.15) is 0 Å². The first-order valence-corrected chi connectivity index (χ1v) is 5.93. The van der Waals surface area contributed by atoms with Crippen molar-refractivity contribution in [2.24, 2.45) is 0 Å². The van der Waals surface area contributed by atoms with Crippen molar-refractivity contribution >= 4 is 28.9 Å². The van der Waals surface area contributed by atoms with Crippen molar-refractivity contribution in [1.82, 2.24) is 0 Å². The zero-order valence-electron chi connectivity index (χ0n) is 9.18. The maximum Gasteiger partial charge on any atom is 0.126 e. The number of halogens is 4. The average molecular weight is 288 g/mol. The van der Waals surface area contributed by atoms with E-state index in [1.165, 1.54) is 12.1 Å². The first-order valence-electron chi connectivity index (χ1n) is 5.18. The van der Waals surface area contributed by atoms with Crippen LogP contribution in [0.1, 0.15) is 5.56 Å². The fourth-order valence-corrected chi connectivity index (χ4v) is 2.10. The Kier molecular flexibility index (Phi) is 4.04. The van der Waals surface area contributed by atoms with Gasteiger partial charge in [-0.15, -0.1) is 0 Å². The molecule has 94 valence electrons. The third-order valence-corrected chi connectivity index (χ3v) is 2.72. The second-order valence-electron chi connectivity index (χ2n) is 3.79. The van der Waals surface area contributed by atoms with E-state index in [9.17, 15) is 8.78 Å².